The second-order valence-corrected chi connectivity index (χ2v) is 7.35. The molecule has 12 heteroatoms. The fraction of sp³-hybridized carbons (Fsp3) is 0.889. The summed E-state index contributed by atoms with van der Waals surface area (Å²) in [5.74, 6) is 0. The molecule has 2 aliphatic heterocycles. The Hall–Kier alpha value is -0.380. The van der Waals surface area contributed by atoms with Crippen molar-refractivity contribution in [2.24, 2.45) is 0 Å². The maximum absolute atomic E-state index is 12.2. The lowest BCUT2D eigenvalue weighted by atomic mass is 9.96. The molecule has 0 spiro atoms. The summed E-state index contributed by atoms with van der Waals surface area (Å²) in [5, 5.41) is 6.48. The molecule has 1 saturated carbocycles. The first-order chi connectivity index (χ1) is 12.7. The molecule has 2 saturated heterocycles. The van der Waals surface area contributed by atoms with E-state index in [9.17, 15) is 9.59 Å². The van der Waals surface area contributed by atoms with E-state index in [1.54, 1.807) is 9.80 Å². The Bertz CT molecular complexity index is 431. The van der Waals surface area contributed by atoms with E-state index < -0.39 is 0 Å². The summed E-state index contributed by atoms with van der Waals surface area (Å²) in [5.41, 5.74) is 0. The molecule has 0 bridgehead atoms. The lowest BCUT2D eigenvalue weighted by Gasteiger charge is -2.31. The van der Waals surface area contributed by atoms with Gasteiger partial charge in [-0.3, -0.25) is 0 Å². The minimum absolute atomic E-state index is 0. The molecule has 8 nitrogen and oxygen atoms in total. The number of amides is 2. The van der Waals surface area contributed by atoms with Gasteiger partial charge in [0.25, 0.3) is 0 Å². The minimum Gasteiger partial charge on any atom is -0.446 e. The Labute approximate surface area is 204 Å². The molecule has 0 unspecified atom stereocenters. The molecule has 2 N–H and O–H groups in total. The summed E-state index contributed by atoms with van der Waals surface area (Å²) in [6.07, 6.45) is 4.83. The van der Waals surface area contributed by atoms with Gasteiger partial charge in [0.05, 0.1) is 0 Å². The Morgan fingerprint density at radius 3 is 1.20 bits per heavy atom. The van der Waals surface area contributed by atoms with Crippen LogP contribution in [0.5, 0.6) is 0 Å². The van der Waals surface area contributed by atoms with Crippen LogP contribution >= 0.6 is 49.6 Å². The second kappa shape index (κ2) is 17.2. The standard InChI is InChI=1S/C18H32N4O4.4ClH/c23-17(21-11-7-19-8-12-21)25-15-3-1-4-16(6-2-5-15)26-18(24)22-13-9-20-10-14-22;;;;/h15-16,19-20H,1-14H2;4*1H/t15-,16+;;;;. The topological polar surface area (TPSA) is 83.1 Å². The van der Waals surface area contributed by atoms with Crippen LogP contribution in [0.1, 0.15) is 38.5 Å². The quantitative estimate of drug-likeness (QED) is 0.590. The second-order valence-electron chi connectivity index (χ2n) is 7.35. The molecular weight excluding hydrogens is 478 g/mol. The van der Waals surface area contributed by atoms with Gasteiger partial charge in [0, 0.05) is 52.4 Å². The van der Waals surface area contributed by atoms with E-state index in [-0.39, 0.29) is 74.0 Å². The summed E-state index contributed by atoms with van der Waals surface area (Å²) in [6.45, 7) is 6.20. The number of nitrogens with zero attached hydrogens (tertiary/aromatic N) is 2. The van der Waals surface area contributed by atoms with Crippen LogP contribution in [0.4, 0.5) is 9.59 Å². The van der Waals surface area contributed by atoms with E-state index in [0.29, 0.717) is 0 Å². The molecule has 0 aromatic carbocycles. The molecule has 3 aliphatic rings. The van der Waals surface area contributed by atoms with Gasteiger partial charge >= 0.3 is 12.2 Å². The number of piperazine rings is 2. The molecule has 0 aromatic rings. The molecule has 3 fully saturated rings. The van der Waals surface area contributed by atoms with E-state index in [4.69, 9.17) is 9.47 Å². The number of nitrogens with one attached hydrogen (secondary N) is 2. The summed E-state index contributed by atoms with van der Waals surface area (Å²) in [6, 6.07) is 0. The van der Waals surface area contributed by atoms with Crippen molar-refractivity contribution in [3.8, 4) is 0 Å². The van der Waals surface area contributed by atoms with Crippen LogP contribution in [0.2, 0.25) is 0 Å². The molecule has 30 heavy (non-hydrogen) atoms. The number of carbonyl (C=O) groups is 2. The van der Waals surface area contributed by atoms with E-state index in [2.05, 4.69) is 10.6 Å². The summed E-state index contributed by atoms with van der Waals surface area (Å²) < 4.78 is 11.4. The van der Waals surface area contributed by atoms with Crippen molar-refractivity contribution in [3.63, 3.8) is 0 Å². The van der Waals surface area contributed by atoms with Gasteiger partial charge in [-0.25, -0.2) is 9.59 Å². The molecule has 1 aliphatic carbocycles. The normalized spacial score (nSPS) is 24.3. The predicted octanol–water partition coefficient (Wildman–Crippen LogP) is 2.85. The Kier molecular flexibility index (Phi) is 18.2. The lowest BCUT2D eigenvalue weighted by Crippen LogP contribution is -2.47. The average molecular weight is 514 g/mol. The molecule has 0 radical (unpaired) electrons. The van der Waals surface area contributed by atoms with Gasteiger partial charge in [0.15, 0.2) is 0 Å². The third-order valence-electron chi connectivity index (χ3n) is 5.39. The van der Waals surface area contributed by atoms with Crippen molar-refractivity contribution in [1.29, 1.82) is 0 Å². The highest BCUT2D eigenvalue weighted by Crippen LogP contribution is 2.23. The largest absolute Gasteiger partial charge is 0.446 e. The van der Waals surface area contributed by atoms with Crippen LogP contribution in [0.25, 0.3) is 0 Å². The zero-order chi connectivity index (χ0) is 18.2. The first-order valence-electron chi connectivity index (χ1n) is 10.0. The van der Waals surface area contributed by atoms with E-state index in [0.717, 1.165) is 90.9 Å². The van der Waals surface area contributed by atoms with Gasteiger partial charge in [-0.1, -0.05) is 0 Å². The highest BCUT2D eigenvalue weighted by molar-refractivity contribution is 5.86. The molecular formula is C18H36Cl4N4O4. The SMILES string of the molecule is Cl.Cl.Cl.Cl.O=C(O[C@H]1CCC[C@@H](OC(=O)N2CCNCC2)CCC1)N1CCNCC1. The zero-order valence-electron chi connectivity index (χ0n) is 17.2. The van der Waals surface area contributed by atoms with Crippen molar-refractivity contribution in [2.75, 3.05) is 52.4 Å². The fourth-order valence-electron chi connectivity index (χ4n) is 3.80. The summed E-state index contributed by atoms with van der Waals surface area (Å²) in [7, 11) is 0. The molecule has 0 atom stereocenters. The Balaban J connectivity index is 0. The number of hydrogen-bond donors (Lipinski definition) is 2. The average Bonchev–Trinajstić information content (AvgIpc) is 2.66. The van der Waals surface area contributed by atoms with Gasteiger partial charge in [-0.05, 0) is 38.5 Å². The van der Waals surface area contributed by atoms with Crippen LogP contribution in [0.15, 0.2) is 0 Å². The highest BCUT2D eigenvalue weighted by Gasteiger charge is 2.26. The monoisotopic (exact) mass is 512 g/mol. The van der Waals surface area contributed by atoms with E-state index in [1.165, 1.54) is 0 Å². The smallest absolute Gasteiger partial charge is 0.410 e. The number of halogens is 4. The van der Waals surface area contributed by atoms with Crippen LogP contribution in [0.3, 0.4) is 0 Å². The molecule has 2 heterocycles. The third kappa shape index (κ3) is 10.3. The third-order valence-corrected chi connectivity index (χ3v) is 5.39. The van der Waals surface area contributed by atoms with Gasteiger partial charge in [-0.2, -0.15) is 0 Å². The van der Waals surface area contributed by atoms with Crippen molar-refractivity contribution in [2.45, 2.75) is 50.7 Å². The number of ether oxygens (including phenoxy) is 2. The highest BCUT2D eigenvalue weighted by atomic mass is 35.5. The van der Waals surface area contributed by atoms with Gasteiger partial charge in [-0.15, -0.1) is 49.6 Å². The molecule has 3 rings (SSSR count). The number of carbonyl (C=O) groups excluding carboxylic acids is 2. The maximum atomic E-state index is 12.2. The lowest BCUT2D eigenvalue weighted by molar-refractivity contribution is 0.0254. The van der Waals surface area contributed by atoms with Crippen molar-refractivity contribution in [1.82, 2.24) is 20.4 Å². The number of hydrogen-bond acceptors (Lipinski definition) is 6. The van der Waals surface area contributed by atoms with Crippen molar-refractivity contribution >= 4 is 61.8 Å². The predicted molar refractivity (Wildman–Crippen MR) is 126 cm³/mol. The van der Waals surface area contributed by atoms with Gasteiger partial charge in [0.1, 0.15) is 12.2 Å². The van der Waals surface area contributed by atoms with Crippen LogP contribution < -0.4 is 10.6 Å². The molecule has 180 valence electrons. The van der Waals surface area contributed by atoms with Gasteiger partial charge in [0.2, 0.25) is 0 Å². The number of rotatable bonds is 2. The van der Waals surface area contributed by atoms with Crippen LogP contribution in [-0.4, -0.2) is 86.6 Å². The first-order valence-corrected chi connectivity index (χ1v) is 10.0. The Morgan fingerprint density at radius 1 is 0.600 bits per heavy atom. The van der Waals surface area contributed by atoms with Crippen LogP contribution in [-0.2, 0) is 9.47 Å². The van der Waals surface area contributed by atoms with E-state index >= 15 is 0 Å². The van der Waals surface area contributed by atoms with E-state index in [1.807, 2.05) is 0 Å². The zero-order valence-corrected chi connectivity index (χ0v) is 20.5. The summed E-state index contributed by atoms with van der Waals surface area (Å²) in [4.78, 5) is 28.1. The molecule has 0 aromatic heterocycles. The molecule has 2 amide bonds. The van der Waals surface area contributed by atoms with Crippen LogP contribution in [0, 0.1) is 0 Å². The van der Waals surface area contributed by atoms with Crippen molar-refractivity contribution < 1.29 is 19.1 Å². The fourth-order valence-corrected chi connectivity index (χ4v) is 3.80. The maximum Gasteiger partial charge on any atom is 0.410 e. The van der Waals surface area contributed by atoms with Crippen molar-refractivity contribution in [3.05, 3.63) is 0 Å². The first kappa shape index (κ1) is 31.8. The Morgan fingerprint density at radius 2 is 0.900 bits per heavy atom. The minimum atomic E-state index is -0.182. The summed E-state index contributed by atoms with van der Waals surface area (Å²) >= 11 is 0. The van der Waals surface area contributed by atoms with Gasteiger partial charge < -0.3 is 29.9 Å².